The molecule has 0 spiro atoms. The molecule has 0 aliphatic carbocycles. The minimum atomic E-state index is -0.0754. The maximum absolute atomic E-state index is 12.6. The van der Waals surface area contributed by atoms with Gasteiger partial charge in [0.25, 0.3) is 0 Å². The Morgan fingerprint density at radius 3 is 2.71 bits per heavy atom. The van der Waals surface area contributed by atoms with Crippen molar-refractivity contribution in [2.45, 2.75) is 31.8 Å². The predicted octanol–water partition coefficient (Wildman–Crippen LogP) is 3.03. The Bertz CT molecular complexity index is 992. The molecule has 7 nitrogen and oxygen atoms in total. The fourth-order valence-electron chi connectivity index (χ4n) is 3.24. The number of aromatic nitrogens is 5. The van der Waals surface area contributed by atoms with Crippen LogP contribution < -0.4 is 5.32 Å². The summed E-state index contributed by atoms with van der Waals surface area (Å²) in [5.74, 6) is 0.836. The van der Waals surface area contributed by atoms with E-state index in [1.807, 2.05) is 54.6 Å². The monoisotopic (exact) mass is 374 g/mol. The van der Waals surface area contributed by atoms with Gasteiger partial charge in [-0.05, 0) is 24.1 Å². The number of carbonyl (C=O) groups excluding carboxylic acids is 1. The third kappa shape index (κ3) is 4.43. The van der Waals surface area contributed by atoms with Crippen molar-refractivity contribution in [1.82, 2.24) is 30.0 Å². The molecule has 0 saturated heterocycles. The molecule has 0 fully saturated rings. The predicted molar refractivity (Wildman–Crippen MR) is 106 cm³/mol. The molecule has 1 amide bonds. The van der Waals surface area contributed by atoms with Gasteiger partial charge in [0.15, 0.2) is 0 Å². The van der Waals surface area contributed by atoms with E-state index in [1.165, 1.54) is 6.33 Å². The molecule has 7 heteroatoms. The second-order valence-corrected chi connectivity index (χ2v) is 6.68. The zero-order valence-electron chi connectivity index (χ0n) is 15.5. The molecule has 1 atom stereocenters. The summed E-state index contributed by atoms with van der Waals surface area (Å²) in [7, 11) is 0. The number of aromatic amines is 1. The summed E-state index contributed by atoms with van der Waals surface area (Å²) in [4.78, 5) is 24.4. The number of hydrogen-bond acceptors (Lipinski definition) is 4. The number of aryl methyl sites for hydroxylation is 2. The van der Waals surface area contributed by atoms with Crippen molar-refractivity contribution < 1.29 is 4.79 Å². The number of para-hydroxylation sites is 2. The highest BCUT2D eigenvalue weighted by molar-refractivity contribution is 5.77. The Balaban J connectivity index is 1.38. The highest BCUT2D eigenvalue weighted by Gasteiger charge is 2.15. The number of rotatable bonds is 8. The van der Waals surface area contributed by atoms with Gasteiger partial charge in [0.2, 0.25) is 5.91 Å². The van der Waals surface area contributed by atoms with Crippen LogP contribution in [0.4, 0.5) is 0 Å². The minimum absolute atomic E-state index is 0.00731. The van der Waals surface area contributed by atoms with Crippen LogP contribution in [0.2, 0.25) is 0 Å². The van der Waals surface area contributed by atoms with Crippen LogP contribution >= 0.6 is 0 Å². The third-order valence-electron chi connectivity index (χ3n) is 4.68. The van der Waals surface area contributed by atoms with Crippen LogP contribution in [0.25, 0.3) is 11.0 Å². The number of imidazole rings is 1. The minimum Gasteiger partial charge on any atom is -0.349 e. The number of nitrogens with zero attached hydrogens (tertiary/aromatic N) is 4. The zero-order chi connectivity index (χ0) is 19.2. The van der Waals surface area contributed by atoms with Gasteiger partial charge in [-0.25, -0.2) is 9.97 Å². The molecule has 2 aromatic heterocycles. The maximum Gasteiger partial charge on any atom is 0.220 e. The van der Waals surface area contributed by atoms with E-state index in [4.69, 9.17) is 0 Å². The van der Waals surface area contributed by atoms with Crippen LogP contribution in [0.1, 0.15) is 30.3 Å². The highest BCUT2D eigenvalue weighted by Crippen LogP contribution is 2.18. The first-order valence-electron chi connectivity index (χ1n) is 9.38. The fraction of sp³-hybridized carbons (Fsp3) is 0.238. The normalized spacial score (nSPS) is 12.1. The van der Waals surface area contributed by atoms with E-state index in [0.717, 1.165) is 28.8 Å². The first-order valence-corrected chi connectivity index (χ1v) is 9.38. The standard InChI is InChI=1S/C21H22N6O/c28-21(11-10-20-24-18-8-4-5-9-19(18)25-20)26-17(16-6-2-1-3-7-16)12-13-27-15-22-14-23-27/h1-9,14-15,17H,10-13H2,(H,24,25)(H,26,28)/t17-/m1/s1. The molecule has 2 N–H and O–H groups in total. The van der Waals surface area contributed by atoms with Crippen LogP contribution in [0.3, 0.4) is 0 Å². The molecule has 2 aromatic carbocycles. The van der Waals surface area contributed by atoms with Crippen molar-refractivity contribution in [2.75, 3.05) is 0 Å². The molecule has 0 aliphatic heterocycles. The first kappa shape index (κ1) is 17.9. The van der Waals surface area contributed by atoms with Crippen LogP contribution in [0.5, 0.6) is 0 Å². The molecule has 4 rings (SSSR count). The Morgan fingerprint density at radius 1 is 1.11 bits per heavy atom. The number of hydrogen-bond donors (Lipinski definition) is 2. The van der Waals surface area contributed by atoms with Crippen LogP contribution in [0.15, 0.2) is 67.3 Å². The molecular formula is C21H22N6O. The van der Waals surface area contributed by atoms with E-state index >= 15 is 0 Å². The fourth-order valence-corrected chi connectivity index (χ4v) is 3.24. The summed E-state index contributed by atoms with van der Waals surface area (Å²) in [6, 6.07) is 17.8. The van der Waals surface area contributed by atoms with Gasteiger partial charge in [0.1, 0.15) is 18.5 Å². The van der Waals surface area contributed by atoms with Gasteiger partial charge in [-0.15, -0.1) is 0 Å². The molecule has 0 aliphatic rings. The van der Waals surface area contributed by atoms with Gasteiger partial charge in [0, 0.05) is 19.4 Å². The van der Waals surface area contributed by atoms with Gasteiger partial charge < -0.3 is 10.3 Å². The second kappa shape index (κ2) is 8.47. The number of benzene rings is 2. The van der Waals surface area contributed by atoms with E-state index in [2.05, 4.69) is 25.4 Å². The molecule has 28 heavy (non-hydrogen) atoms. The van der Waals surface area contributed by atoms with Gasteiger partial charge in [-0.3, -0.25) is 9.48 Å². The Labute approximate surface area is 162 Å². The SMILES string of the molecule is O=C(CCc1nc2ccccc2[nH]1)N[C@H](CCn1cncn1)c1ccccc1. The lowest BCUT2D eigenvalue weighted by molar-refractivity contribution is -0.121. The summed E-state index contributed by atoms with van der Waals surface area (Å²) in [5, 5.41) is 7.30. The van der Waals surface area contributed by atoms with Crippen molar-refractivity contribution in [2.24, 2.45) is 0 Å². The number of carbonyl (C=O) groups is 1. The lowest BCUT2D eigenvalue weighted by Crippen LogP contribution is -2.29. The average molecular weight is 374 g/mol. The summed E-state index contributed by atoms with van der Waals surface area (Å²) >= 11 is 0. The number of nitrogens with one attached hydrogen (secondary N) is 2. The van der Waals surface area contributed by atoms with Gasteiger partial charge in [0.05, 0.1) is 17.1 Å². The van der Waals surface area contributed by atoms with Crippen molar-refractivity contribution in [3.63, 3.8) is 0 Å². The van der Waals surface area contributed by atoms with E-state index in [0.29, 0.717) is 19.4 Å². The Hall–Kier alpha value is -3.48. The largest absolute Gasteiger partial charge is 0.349 e. The van der Waals surface area contributed by atoms with Crippen molar-refractivity contribution in [1.29, 1.82) is 0 Å². The summed E-state index contributed by atoms with van der Waals surface area (Å²) in [6.45, 7) is 0.684. The molecule has 0 unspecified atom stereocenters. The number of amides is 1. The number of H-pyrrole nitrogens is 1. The van der Waals surface area contributed by atoms with Gasteiger partial charge >= 0.3 is 0 Å². The molecule has 142 valence electrons. The molecule has 0 radical (unpaired) electrons. The van der Waals surface area contributed by atoms with E-state index in [-0.39, 0.29) is 11.9 Å². The van der Waals surface area contributed by atoms with Crippen molar-refractivity contribution in [3.8, 4) is 0 Å². The van der Waals surface area contributed by atoms with Crippen LogP contribution in [-0.2, 0) is 17.8 Å². The quantitative estimate of drug-likeness (QED) is 0.496. The summed E-state index contributed by atoms with van der Waals surface area (Å²) in [6.07, 6.45) is 4.90. The Morgan fingerprint density at radius 2 is 1.93 bits per heavy atom. The van der Waals surface area contributed by atoms with E-state index in [9.17, 15) is 4.79 Å². The van der Waals surface area contributed by atoms with E-state index in [1.54, 1.807) is 11.0 Å². The van der Waals surface area contributed by atoms with Crippen molar-refractivity contribution >= 4 is 16.9 Å². The smallest absolute Gasteiger partial charge is 0.220 e. The molecule has 0 saturated carbocycles. The lowest BCUT2D eigenvalue weighted by atomic mass is 10.0. The molecule has 4 aromatic rings. The zero-order valence-corrected chi connectivity index (χ0v) is 15.5. The van der Waals surface area contributed by atoms with Gasteiger partial charge in [-0.1, -0.05) is 42.5 Å². The maximum atomic E-state index is 12.6. The lowest BCUT2D eigenvalue weighted by Gasteiger charge is -2.19. The first-order chi connectivity index (χ1) is 13.8. The molecular weight excluding hydrogens is 352 g/mol. The topological polar surface area (TPSA) is 88.5 Å². The average Bonchev–Trinajstić information content (AvgIpc) is 3.39. The van der Waals surface area contributed by atoms with Crippen LogP contribution in [-0.4, -0.2) is 30.6 Å². The van der Waals surface area contributed by atoms with Crippen molar-refractivity contribution in [3.05, 3.63) is 78.6 Å². The number of fused-ring (bicyclic) bond motifs is 1. The second-order valence-electron chi connectivity index (χ2n) is 6.68. The van der Waals surface area contributed by atoms with Gasteiger partial charge in [-0.2, -0.15) is 5.10 Å². The Kier molecular flexibility index (Phi) is 5.42. The van der Waals surface area contributed by atoms with E-state index < -0.39 is 0 Å². The summed E-state index contributed by atoms with van der Waals surface area (Å²) < 4.78 is 1.77. The third-order valence-corrected chi connectivity index (χ3v) is 4.68. The highest BCUT2D eigenvalue weighted by atomic mass is 16.1. The van der Waals surface area contributed by atoms with Crippen LogP contribution in [0, 0.1) is 0 Å². The summed E-state index contributed by atoms with van der Waals surface area (Å²) in [5.41, 5.74) is 3.00. The molecule has 2 heterocycles. The molecule has 0 bridgehead atoms.